The Balaban J connectivity index is 1.90. The summed E-state index contributed by atoms with van der Waals surface area (Å²) in [7, 11) is 0. The van der Waals surface area contributed by atoms with E-state index < -0.39 is 0 Å². The molecule has 134 valence electrons. The molecule has 1 aromatic carbocycles. The second-order valence-electron chi connectivity index (χ2n) is 6.49. The molecule has 0 aliphatic carbocycles. The van der Waals surface area contributed by atoms with E-state index in [2.05, 4.69) is 67.7 Å². The maximum atomic E-state index is 5.98. The Morgan fingerprint density at radius 3 is 2.68 bits per heavy atom. The van der Waals surface area contributed by atoms with Crippen LogP contribution >= 0.6 is 0 Å². The third-order valence-electron chi connectivity index (χ3n) is 4.55. The molecule has 2 rings (SSSR count). The summed E-state index contributed by atoms with van der Waals surface area (Å²) >= 11 is 0. The Labute approximate surface area is 151 Å². The molecule has 0 fully saturated rings. The minimum Gasteiger partial charge on any atom is -0.493 e. The zero-order valence-corrected chi connectivity index (χ0v) is 15.8. The Bertz CT molecular complexity index is 713. The van der Waals surface area contributed by atoms with E-state index in [4.69, 9.17) is 4.74 Å². The van der Waals surface area contributed by atoms with Crippen molar-refractivity contribution in [3.05, 3.63) is 59.7 Å². The summed E-state index contributed by atoms with van der Waals surface area (Å²) in [4.78, 5) is 4.10. The predicted molar refractivity (Wildman–Crippen MR) is 104 cm³/mol. The lowest BCUT2D eigenvalue weighted by Gasteiger charge is -2.16. The van der Waals surface area contributed by atoms with Crippen molar-refractivity contribution in [1.82, 2.24) is 15.2 Å². The summed E-state index contributed by atoms with van der Waals surface area (Å²) in [5, 5.41) is 6.66. The largest absolute Gasteiger partial charge is 0.493 e. The molecule has 1 heterocycles. The number of ether oxygens (including phenoxy) is 1. The highest BCUT2D eigenvalue weighted by Crippen LogP contribution is 2.28. The van der Waals surface area contributed by atoms with Gasteiger partial charge < -0.3 is 4.74 Å². The molecule has 0 unspecified atom stereocenters. The summed E-state index contributed by atoms with van der Waals surface area (Å²) in [5.74, 6) is 2.31. The van der Waals surface area contributed by atoms with Crippen LogP contribution in [0.4, 0.5) is 0 Å². The average molecular weight is 339 g/mol. The van der Waals surface area contributed by atoms with Crippen molar-refractivity contribution in [2.75, 3.05) is 6.61 Å². The maximum Gasteiger partial charge on any atom is 0.154 e. The minimum atomic E-state index is 0.639. The molecule has 4 heteroatoms. The first-order chi connectivity index (χ1) is 12.0. The number of rotatable bonds is 9. The Hall–Kier alpha value is -2.36. The van der Waals surface area contributed by atoms with Crippen molar-refractivity contribution >= 4 is 5.57 Å². The van der Waals surface area contributed by atoms with E-state index in [1.165, 1.54) is 35.9 Å². The zero-order valence-electron chi connectivity index (χ0n) is 15.8. The number of benzene rings is 1. The summed E-state index contributed by atoms with van der Waals surface area (Å²) in [5.41, 5.74) is 4.65. The summed E-state index contributed by atoms with van der Waals surface area (Å²) < 4.78 is 5.98. The first-order valence-electron chi connectivity index (χ1n) is 9.00. The predicted octanol–water partition coefficient (Wildman–Crippen LogP) is 5.45. The number of aromatic nitrogens is 3. The fraction of sp³-hybridized carbons (Fsp3) is 0.429. The number of nitrogens with one attached hydrogen (secondary N) is 1. The average Bonchev–Trinajstić information content (AvgIpc) is 3.12. The molecule has 0 atom stereocenters. The number of hydrogen-bond acceptors (Lipinski definition) is 3. The Morgan fingerprint density at radius 2 is 2.08 bits per heavy atom. The van der Waals surface area contributed by atoms with Gasteiger partial charge in [-0.25, -0.2) is 4.98 Å². The van der Waals surface area contributed by atoms with Crippen LogP contribution in [0.25, 0.3) is 5.57 Å². The van der Waals surface area contributed by atoms with Crippen molar-refractivity contribution < 1.29 is 4.74 Å². The quantitative estimate of drug-likeness (QED) is 0.618. The summed E-state index contributed by atoms with van der Waals surface area (Å²) in [6.45, 7) is 13.3. The van der Waals surface area contributed by atoms with E-state index >= 15 is 0 Å². The molecule has 0 bridgehead atoms. The second kappa shape index (κ2) is 9.21. The highest BCUT2D eigenvalue weighted by molar-refractivity contribution is 5.67. The van der Waals surface area contributed by atoms with Crippen LogP contribution in [0, 0.1) is 6.92 Å². The van der Waals surface area contributed by atoms with Gasteiger partial charge in [0, 0.05) is 12.0 Å². The molecular formula is C21H29N3O. The molecule has 1 N–H and O–H groups in total. The van der Waals surface area contributed by atoms with Gasteiger partial charge in [-0.3, -0.25) is 5.10 Å². The van der Waals surface area contributed by atoms with E-state index in [0.29, 0.717) is 18.3 Å². The van der Waals surface area contributed by atoms with Gasteiger partial charge in [0.25, 0.3) is 0 Å². The number of aromatic amines is 1. The molecule has 25 heavy (non-hydrogen) atoms. The first-order valence-corrected chi connectivity index (χ1v) is 9.00. The SMILES string of the molecule is C=C(/C=C(\C)CCOc1ccc(C(CC)CC)cc1C)c1ncn[nH]1. The summed E-state index contributed by atoms with van der Waals surface area (Å²) in [6.07, 6.45) is 6.71. The van der Waals surface area contributed by atoms with Gasteiger partial charge in [-0.2, -0.15) is 5.10 Å². The number of hydrogen-bond donors (Lipinski definition) is 1. The lowest BCUT2D eigenvalue weighted by atomic mass is 9.93. The minimum absolute atomic E-state index is 0.639. The van der Waals surface area contributed by atoms with Gasteiger partial charge in [-0.15, -0.1) is 0 Å². The van der Waals surface area contributed by atoms with Gasteiger partial charge in [0.1, 0.15) is 12.1 Å². The molecule has 0 saturated carbocycles. The van der Waals surface area contributed by atoms with E-state index in [0.717, 1.165) is 17.7 Å². The van der Waals surface area contributed by atoms with E-state index in [1.54, 1.807) is 0 Å². The molecule has 0 aliphatic rings. The van der Waals surface area contributed by atoms with Gasteiger partial charge >= 0.3 is 0 Å². The van der Waals surface area contributed by atoms with Crippen LogP contribution in [0.1, 0.15) is 62.9 Å². The lowest BCUT2D eigenvalue weighted by molar-refractivity contribution is 0.319. The van der Waals surface area contributed by atoms with Gasteiger partial charge in [-0.1, -0.05) is 44.2 Å². The Kier molecular flexibility index (Phi) is 6.99. The molecule has 2 aromatic rings. The molecule has 4 nitrogen and oxygen atoms in total. The monoisotopic (exact) mass is 339 g/mol. The van der Waals surface area contributed by atoms with Crippen LogP contribution in [0.5, 0.6) is 5.75 Å². The van der Waals surface area contributed by atoms with Crippen molar-refractivity contribution in [3.63, 3.8) is 0 Å². The number of aryl methyl sites for hydroxylation is 1. The first kappa shape index (κ1) is 19.0. The third kappa shape index (κ3) is 5.31. The van der Waals surface area contributed by atoms with Gasteiger partial charge in [0.2, 0.25) is 0 Å². The van der Waals surface area contributed by atoms with Crippen molar-refractivity contribution in [2.24, 2.45) is 0 Å². The fourth-order valence-electron chi connectivity index (χ4n) is 2.97. The third-order valence-corrected chi connectivity index (χ3v) is 4.55. The van der Waals surface area contributed by atoms with Crippen LogP contribution < -0.4 is 4.74 Å². The zero-order chi connectivity index (χ0) is 18.2. The lowest BCUT2D eigenvalue weighted by Crippen LogP contribution is -2.01. The standard InChI is InChI=1S/C21H29N3O/c1-6-18(7-2)19-8-9-20(16(4)13-19)25-11-10-15(3)12-17(5)21-22-14-23-24-21/h8-9,12-14,18H,5-7,10-11H2,1-4H3,(H,22,23,24)/b15-12+. The highest BCUT2D eigenvalue weighted by atomic mass is 16.5. The van der Waals surface area contributed by atoms with Gasteiger partial charge in [0.15, 0.2) is 5.82 Å². The molecule has 0 saturated heterocycles. The van der Waals surface area contributed by atoms with Crippen LogP contribution in [0.3, 0.4) is 0 Å². The van der Waals surface area contributed by atoms with Gasteiger partial charge in [-0.05, 0) is 49.8 Å². The number of H-pyrrole nitrogens is 1. The van der Waals surface area contributed by atoms with Crippen molar-refractivity contribution in [1.29, 1.82) is 0 Å². The van der Waals surface area contributed by atoms with Crippen molar-refractivity contribution in [2.45, 2.75) is 52.9 Å². The molecule has 0 amide bonds. The summed E-state index contributed by atoms with van der Waals surface area (Å²) in [6, 6.07) is 6.57. The second-order valence-corrected chi connectivity index (χ2v) is 6.49. The van der Waals surface area contributed by atoms with Crippen molar-refractivity contribution in [3.8, 4) is 5.75 Å². The maximum absolute atomic E-state index is 5.98. The molecular weight excluding hydrogens is 310 g/mol. The van der Waals surface area contributed by atoms with Crippen LogP contribution in [0.2, 0.25) is 0 Å². The molecule has 0 radical (unpaired) electrons. The smallest absolute Gasteiger partial charge is 0.154 e. The van der Waals surface area contributed by atoms with E-state index in [1.807, 2.05) is 6.08 Å². The van der Waals surface area contributed by atoms with Gasteiger partial charge in [0.05, 0.1) is 6.61 Å². The molecule has 0 aliphatic heterocycles. The topological polar surface area (TPSA) is 50.8 Å². The van der Waals surface area contributed by atoms with Crippen LogP contribution in [-0.4, -0.2) is 21.8 Å². The van der Waals surface area contributed by atoms with E-state index in [9.17, 15) is 0 Å². The fourth-order valence-corrected chi connectivity index (χ4v) is 2.97. The molecule has 0 spiro atoms. The normalized spacial score (nSPS) is 11.8. The number of nitrogens with zero attached hydrogens (tertiary/aromatic N) is 2. The van der Waals surface area contributed by atoms with E-state index in [-0.39, 0.29) is 0 Å². The Morgan fingerprint density at radius 1 is 1.32 bits per heavy atom. The highest BCUT2D eigenvalue weighted by Gasteiger charge is 2.09. The van der Waals surface area contributed by atoms with Crippen LogP contribution in [-0.2, 0) is 0 Å². The van der Waals surface area contributed by atoms with Crippen LogP contribution in [0.15, 0.2) is 42.8 Å². The number of allylic oxidation sites excluding steroid dienone is 2. The molecule has 1 aromatic heterocycles.